The van der Waals surface area contributed by atoms with Crippen molar-refractivity contribution in [2.45, 2.75) is 25.4 Å². The molecule has 1 unspecified atom stereocenters. The number of nitrogens with one attached hydrogen (secondary N) is 1. The van der Waals surface area contributed by atoms with Gasteiger partial charge in [-0.25, -0.2) is 5.84 Å². The molecule has 0 spiro atoms. The van der Waals surface area contributed by atoms with E-state index in [1.165, 1.54) is 30.7 Å². The van der Waals surface area contributed by atoms with Crippen molar-refractivity contribution < 1.29 is 0 Å². The van der Waals surface area contributed by atoms with Crippen molar-refractivity contribution in [3.63, 3.8) is 0 Å². The predicted molar refractivity (Wildman–Crippen MR) is 69.7 cm³/mol. The summed E-state index contributed by atoms with van der Waals surface area (Å²) in [5.74, 6) is 5.29. The minimum Gasteiger partial charge on any atom is -0.305 e. The number of hydrogen-bond acceptors (Lipinski definition) is 7. The highest BCUT2D eigenvalue weighted by atomic mass is 32.1. The Kier molecular flexibility index (Phi) is 4.27. The van der Waals surface area contributed by atoms with Crippen molar-refractivity contribution in [3.05, 3.63) is 5.01 Å². The predicted octanol–water partition coefficient (Wildman–Crippen LogP) is 0.350. The molecule has 0 aromatic carbocycles. The minimum absolute atomic E-state index is 0.618. The zero-order valence-corrected chi connectivity index (χ0v) is 11.2. The second-order valence-electron chi connectivity index (χ2n) is 4.62. The van der Waals surface area contributed by atoms with Crippen LogP contribution >= 0.6 is 11.3 Å². The second kappa shape index (κ2) is 5.72. The summed E-state index contributed by atoms with van der Waals surface area (Å²) in [5.41, 5.74) is 2.53. The number of likely N-dealkylation sites (N-methyl/N-ethyl adjacent to an activating group) is 2. The lowest BCUT2D eigenvalue weighted by Gasteiger charge is -2.35. The molecule has 1 aliphatic rings. The summed E-state index contributed by atoms with van der Waals surface area (Å²) in [7, 11) is 4.34. The molecule has 3 N–H and O–H groups in total. The van der Waals surface area contributed by atoms with E-state index in [9.17, 15) is 0 Å². The van der Waals surface area contributed by atoms with Gasteiger partial charge in [-0.15, -0.1) is 10.2 Å². The molecule has 2 rings (SSSR count). The number of anilines is 1. The molecule has 0 radical (unpaired) electrons. The molecule has 0 bridgehead atoms. The molecule has 1 atom stereocenters. The van der Waals surface area contributed by atoms with E-state index >= 15 is 0 Å². The van der Waals surface area contributed by atoms with Gasteiger partial charge in [-0.05, 0) is 33.5 Å². The molecule has 1 aromatic heterocycles. The van der Waals surface area contributed by atoms with Crippen LogP contribution in [0, 0.1) is 0 Å². The SMILES string of the molecule is CN1CCCC(N(C)Cc2nnc(NN)s2)C1. The fraction of sp³-hybridized carbons (Fsp3) is 0.800. The quantitative estimate of drug-likeness (QED) is 0.598. The maximum atomic E-state index is 5.29. The van der Waals surface area contributed by atoms with E-state index in [0.29, 0.717) is 11.2 Å². The van der Waals surface area contributed by atoms with Crippen LogP contribution in [0.25, 0.3) is 0 Å². The first-order chi connectivity index (χ1) is 8.19. The molecule has 96 valence electrons. The summed E-state index contributed by atoms with van der Waals surface area (Å²) in [6.07, 6.45) is 2.54. The molecular formula is C10H20N6S. The summed E-state index contributed by atoms with van der Waals surface area (Å²) < 4.78 is 0. The molecule has 2 heterocycles. The van der Waals surface area contributed by atoms with Gasteiger partial charge in [0, 0.05) is 12.6 Å². The molecule has 7 heteroatoms. The fourth-order valence-electron chi connectivity index (χ4n) is 2.22. The Morgan fingerprint density at radius 2 is 2.41 bits per heavy atom. The van der Waals surface area contributed by atoms with Crippen LogP contribution < -0.4 is 11.3 Å². The molecule has 1 aromatic rings. The van der Waals surface area contributed by atoms with E-state index in [2.05, 4.69) is 39.5 Å². The standard InChI is InChI=1S/C10H20N6S/c1-15-5-3-4-8(6-15)16(2)7-9-13-14-10(12-11)17-9/h8H,3-7,11H2,1-2H3,(H,12,14). The van der Waals surface area contributed by atoms with E-state index < -0.39 is 0 Å². The third-order valence-corrected chi connectivity index (χ3v) is 4.04. The first-order valence-corrected chi connectivity index (χ1v) is 6.68. The zero-order chi connectivity index (χ0) is 12.3. The lowest BCUT2D eigenvalue weighted by Crippen LogP contribution is -2.44. The number of likely N-dealkylation sites (tertiary alicyclic amines) is 1. The average molecular weight is 256 g/mol. The first kappa shape index (κ1) is 12.7. The van der Waals surface area contributed by atoms with E-state index in [4.69, 9.17) is 5.84 Å². The number of hydrazine groups is 1. The molecule has 6 nitrogen and oxygen atoms in total. The molecule has 1 aliphatic heterocycles. The second-order valence-corrected chi connectivity index (χ2v) is 5.68. The molecule has 1 fully saturated rings. The van der Waals surface area contributed by atoms with E-state index in [-0.39, 0.29) is 0 Å². The summed E-state index contributed by atoms with van der Waals surface area (Å²) >= 11 is 1.51. The van der Waals surface area contributed by atoms with Crippen LogP contribution in [0.1, 0.15) is 17.8 Å². The summed E-state index contributed by atoms with van der Waals surface area (Å²) in [4.78, 5) is 4.74. The monoisotopic (exact) mass is 256 g/mol. The number of nitrogen functional groups attached to an aromatic ring is 1. The maximum Gasteiger partial charge on any atom is 0.219 e. The van der Waals surface area contributed by atoms with Crippen molar-refractivity contribution in [3.8, 4) is 0 Å². The molecule has 0 amide bonds. The van der Waals surface area contributed by atoms with Gasteiger partial charge < -0.3 is 4.90 Å². The molecule has 17 heavy (non-hydrogen) atoms. The van der Waals surface area contributed by atoms with Gasteiger partial charge in [-0.3, -0.25) is 10.3 Å². The number of hydrogen-bond donors (Lipinski definition) is 2. The third kappa shape index (κ3) is 3.35. The van der Waals surface area contributed by atoms with E-state index in [0.717, 1.165) is 18.1 Å². The normalized spacial score (nSPS) is 22.0. The van der Waals surface area contributed by atoms with Crippen LogP contribution in [0.4, 0.5) is 5.13 Å². The smallest absolute Gasteiger partial charge is 0.219 e. The number of piperidine rings is 1. The van der Waals surface area contributed by atoms with Crippen LogP contribution in [0.5, 0.6) is 0 Å². The fourth-order valence-corrected chi connectivity index (χ4v) is 2.93. The van der Waals surface area contributed by atoms with Gasteiger partial charge >= 0.3 is 0 Å². The lowest BCUT2D eigenvalue weighted by atomic mass is 10.1. The highest BCUT2D eigenvalue weighted by Gasteiger charge is 2.21. The van der Waals surface area contributed by atoms with E-state index in [1.807, 2.05) is 0 Å². The molecule has 1 saturated heterocycles. The largest absolute Gasteiger partial charge is 0.305 e. The summed E-state index contributed by atoms with van der Waals surface area (Å²) in [5, 5.41) is 9.74. The van der Waals surface area contributed by atoms with Crippen molar-refractivity contribution in [1.82, 2.24) is 20.0 Å². The van der Waals surface area contributed by atoms with Crippen molar-refractivity contribution in [1.29, 1.82) is 0 Å². The van der Waals surface area contributed by atoms with E-state index in [1.54, 1.807) is 0 Å². The van der Waals surface area contributed by atoms with Crippen molar-refractivity contribution >= 4 is 16.5 Å². The van der Waals surface area contributed by atoms with Crippen LogP contribution in [0.3, 0.4) is 0 Å². The van der Waals surface area contributed by atoms with Gasteiger partial charge in [-0.2, -0.15) is 0 Å². The molecular weight excluding hydrogens is 236 g/mol. The number of nitrogens with zero attached hydrogens (tertiary/aromatic N) is 4. The zero-order valence-electron chi connectivity index (χ0n) is 10.4. The van der Waals surface area contributed by atoms with Crippen molar-refractivity contribution in [2.24, 2.45) is 5.84 Å². The van der Waals surface area contributed by atoms with Crippen LogP contribution in [-0.4, -0.2) is 53.2 Å². The summed E-state index contributed by atoms with van der Waals surface area (Å²) in [6, 6.07) is 0.618. The van der Waals surface area contributed by atoms with Gasteiger partial charge in [-0.1, -0.05) is 11.3 Å². The first-order valence-electron chi connectivity index (χ1n) is 5.87. The van der Waals surface area contributed by atoms with Gasteiger partial charge in [0.15, 0.2) is 0 Å². The number of nitrogens with two attached hydrogens (primary N) is 1. The highest BCUT2D eigenvalue weighted by molar-refractivity contribution is 7.15. The Balaban J connectivity index is 1.89. The van der Waals surface area contributed by atoms with Crippen LogP contribution in [0.2, 0.25) is 0 Å². The van der Waals surface area contributed by atoms with Crippen molar-refractivity contribution in [2.75, 3.05) is 32.6 Å². The third-order valence-electron chi connectivity index (χ3n) is 3.20. The maximum absolute atomic E-state index is 5.29. The number of rotatable bonds is 4. The van der Waals surface area contributed by atoms with Gasteiger partial charge in [0.1, 0.15) is 5.01 Å². The Morgan fingerprint density at radius 3 is 3.06 bits per heavy atom. The van der Waals surface area contributed by atoms with Gasteiger partial charge in [0.25, 0.3) is 0 Å². The van der Waals surface area contributed by atoms with Gasteiger partial charge in [0.05, 0.1) is 6.54 Å². The summed E-state index contributed by atoms with van der Waals surface area (Å²) in [6.45, 7) is 3.19. The lowest BCUT2D eigenvalue weighted by molar-refractivity contribution is 0.129. The Morgan fingerprint density at radius 1 is 1.59 bits per heavy atom. The highest BCUT2D eigenvalue weighted by Crippen LogP contribution is 2.19. The minimum atomic E-state index is 0.618. The molecule has 0 saturated carbocycles. The van der Waals surface area contributed by atoms with Crippen LogP contribution in [-0.2, 0) is 6.54 Å². The van der Waals surface area contributed by atoms with Crippen LogP contribution in [0.15, 0.2) is 0 Å². The Hall–Kier alpha value is -0.760. The van der Waals surface area contributed by atoms with Gasteiger partial charge in [0.2, 0.25) is 5.13 Å². The topological polar surface area (TPSA) is 70.3 Å². The Labute approximate surface area is 106 Å². The number of aromatic nitrogens is 2. The Bertz CT molecular complexity index is 354. The molecule has 0 aliphatic carbocycles. The average Bonchev–Trinajstić information content (AvgIpc) is 2.77.